The minimum absolute atomic E-state index is 0.104. The van der Waals surface area contributed by atoms with Gasteiger partial charge < -0.3 is 28.8 Å². The number of aryl methyl sites for hydroxylation is 2. The number of hydrogen-bond acceptors (Lipinski definition) is 4. The number of hydrogen-bond donors (Lipinski definition) is 2. The fraction of sp³-hybridized carbons (Fsp3) is 0.0588. The Morgan fingerprint density at radius 1 is 0.441 bits per heavy atom. The van der Waals surface area contributed by atoms with E-state index in [1.165, 1.54) is 24.3 Å². The van der Waals surface area contributed by atoms with Crippen molar-refractivity contribution in [2.24, 2.45) is 0 Å². The van der Waals surface area contributed by atoms with Crippen molar-refractivity contribution >= 4 is 43.6 Å². The molecule has 10 aromatic rings. The van der Waals surface area contributed by atoms with Crippen LogP contribution in [0.15, 0.2) is 158 Å². The number of aromatic nitrogens is 2. The van der Waals surface area contributed by atoms with Crippen LogP contribution < -0.4 is 9.47 Å². The summed E-state index contributed by atoms with van der Waals surface area (Å²) in [6.45, 7) is 3.37. The standard InChI is InChI=1S/C51H36F2N2O4/c1-30-25-44(54-40-21-7-3-17-36(40)37-18-4-8-22-41(37)54)48(56)46(32-13-11-15-34(52)27-32)50(30)58-29-59-51-31(2)26-45(49(57)47(51)33-14-12-16-35(53)28-33)55-42-23-9-5-19-38(42)39-20-6-10-24-43(39)55/h3-28,56-57H,29H2,1-2H3. The topological polar surface area (TPSA) is 68.8 Å². The van der Waals surface area contributed by atoms with Gasteiger partial charge >= 0.3 is 0 Å². The van der Waals surface area contributed by atoms with E-state index in [0.717, 1.165) is 43.6 Å². The molecule has 6 nitrogen and oxygen atoms in total. The predicted octanol–water partition coefficient (Wildman–Crippen LogP) is 12.9. The van der Waals surface area contributed by atoms with Gasteiger partial charge in [-0.1, -0.05) is 97.1 Å². The Morgan fingerprint density at radius 3 is 1.12 bits per heavy atom. The average Bonchev–Trinajstić information content (AvgIpc) is 3.76. The number of fused-ring (bicyclic) bond motifs is 6. The summed E-state index contributed by atoms with van der Waals surface area (Å²) in [6.07, 6.45) is 0. The second-order valence-corrected chi connectivity index (χ2v) is 14.7. The van der Waals surface area contributed by atoms with Gasteiger partial charge in [-0.05, 0) is 96.8 Å². The number of benzene rings is 8. The van der Waals surface area contributed by atoms with E-state index in [4.69, 9.17) is 9.47 Å². The molecule has 0 amide bonds. The summed E-state index contributed by atoms with van der Waals surface area (Å²) in [5.41, 5.74) is 7.32. The number of nitrogens with zero attached hydrogens (tertiary/aromatic N) is 2. The molecule has 8 heteroatoms. The van der Waals surface area contributed by atoms with Crippen LogP contribution in [0.5, 0.6) is 23.0 Å². The molecule has 0 saturated carbocycles. The van der Waals surface area contributed by atoms with E-state index in [9.17, 15) is 19.0 Å². The van der Waals surface area contributed by atoms with Gasteiger partial charge in [-0.15, -0.1) is 0 Å². The first-order valence-corrected chi connectivity index (χ1v) is 19.3. The van der Waals surface area contributed by atoms with Crippen LogP contribution in [0.2, 0.25) is 0 Å². The quantitative estimate of drug-likeness (QED) is 0.151. The minimum atomic E-state index is -0.474. The predicted molar refractivity (Wildman–Crippen MR) is 231 cm³/mol. The van der Waals surface area contributed by atoms with Crippen LogP contribution in [-0.2, 0) is 0 Å². The zero-order chi connectivity index (χ0) is 40.4. The molecule has 10 rings (SSSR count). The molecule has 2 heterocycles. The molecule has 8 aromatic carbocycles. The van der Waals surface area contributed by atoms with Crippen LogP contribution in [0.25, 0.3) is 77.2 Å². The maximum absolute atomic E-state index is 14.9. The lowest BCUT2D eigenvalue weighted by Gasteiger charge is -2.22. The summed E-state index contributed by atoms with van der Waals surface area (Å²) in [6, 6.07) is 47.7. The van der Waals surface area contributed by atoms with Gasteiger partial charge in [0.2, 0.25) is 6.79 Å². The molecular formula is C51H36F2N2O4. The number of phenolic OH excluding ortho intramolecular Hbond substituents is 2. The normalized spacial score (nSPS) is 11.6. The van der Waals surface area contributed by atoms with Gasteiger partial charge in [-0.25, -0.2) is 8.78 Å². The maximum atomic E-state index is 14.9. The maximum Gasteiger partial charge on any atom is 0.230 e. The highest BCUT2D eigenvalue weighted by Gasteiger charge is 2.26. The fourth-order valence-electron chi connectivity index (χ4n) is 8.59. The van der Waals surface area contributed by atoms with E-state index in [2.05, 4.69) is 0 Å². The number of para-hydroxylation sites is 4. The number of halogens is 2. The van der Waals surface area contributed by atoms with Crippen molar-refractivity contribution in [1.82, 2.24) is 9.13 Å². The van der Waals surface area contributed by atoms with Crippen LogP contribution >= 0.6 is 0 Å². The summed E-state index contributed by atoms with van der Waals surface area (Å²) in [5, 5.41) is 28.7. The molecule has 0 aliphatic heterocycles. The van der Waals surface area contributed by atoms with Gasteiger partial charge in [0, 0.05) is 21.5 Å². The van der Waals surface area contributed by atoms with Crippen LogP contribution in [0, 0.1) is 25.5 Å². The molecule has 0 fully saturated rings. The van der Waals surface area contributed by atoms with Gasteiger partial charge in [0.1, 0.15) is 23.1 Å². The molecule has 0 spiro atoms. The highest BCUT2D eigenvalue weighted by atomic mass is 19.1. The van der Waals surface area contributed by atoms with Crippen molar-refractivity contribution in [3.63, 3.8) is 0 Å². The minimum Gasteiger partial charge on any atom is -0.505 e. The third-order valence-electron chi connectivity index (χ3n) is 11.1. The smallest absolute Gasteiger partial charge is 0.230 e. The molecule has 2 N–H and O–H groups in total. The lowest BCUT2D eigenvalue weighted by atomic mass is 9.98. The summed E-state index contributed by atoms with van der Waals surface area (Å²) in [4.78, 5) is 0. The van der Waals surface area contributed by atoms with E-state index in [1.807, 2.05) is 132 Å². The summed E-state index contributed by atoms with van der Waals surface area (Å²) < 4.78 is 46.7. The molecule has 2 aromatic heterocycles. The Bertz CT molecular complexity index is 2970. The molecule has 0 aliphatic rings. The highest BCUT2D eigenvalue weighted by molar-refractivity contribution is 6.10. The molecular weight excluding hydrogens is 743 g/mol. The average molecular weight is 779 g/mol. The zero-order valence-electron chi connectivity index (χ0n) is 32.1. The van der Waals surface area contributed by atoms with Crippen LogP contribution in [0.1, 0.15) is 11.1 Å². The number of aromatic hydroxyl groups is 2. The second kappa shape index (κ2) is 14.1. The number of phenols is 2. The van der Waals surface area contributed by atoms with Gasteiger partial charge in [-0.2, -0.15) is 0 Å². The van der Waals surface area contributed by atoms with E-state index in [-0.39, 0.29) is 40.9 Å². The molecule has 0 aliphatic carbocycles. The molecule has 288 valence electrons. The third kappa shape index (κ3) is 5.83. The summed E-state index contributed by atoms with van der Waals surface area (Å²) >= 11 is 0. The summed E-state index contributed by atoms with van der Waals surface area (Å²) in [5.74, 6) is -0.584. The Kier molecular flexibility index (Phi) is 8.56. The van der Waals surface area contributed by atoms with Gasteiger partial charge in [0.15, 0.2) is 11.5 Å². The Hall–Kier alpha value is -7.58. The molecule has 0 saturated heterocycles. The number of ether oxygens (including phenoxy) is 2. The lowest BCUT2D eigenvalue weighted by Crippen LogP contribution is -2.11. The van der Waals surface area contributed by atoms with Gasteiger partial charge in [-0.3, -0.25) is 0 Å². The SMILES string of the molecule is Cc1cc(-n2c3ccccc3c3ccccc32)c(O)c(-c2cccc(F)c2)c1OCOc1c(C)cc(-n2c3ccccc3c3ccccc32)c(O)c1-c1cccc(F)c1. The van der Waals surface area contributed by atoms with Crippen molar-refractivity contribution < 1.29 is 28.5 Å². The molecule has 0 atom stereocenters. The third-order valence-corrected chi connectivity index (χ3v) is 11.1. The second-order valence-electron chi connectivity index (χ2n) is 14.7. The Balaban J connectivity index is 1.10. The van der Waals surface area contributed by atoms with Crippen LogP contribution in [0.4, 0.5) is 8.78 Å². The summed E-state index contributed by atoms with van der Waals surface area (Å²) in [7, 11) is 0. The first-order chi connectivity index (χ1) is 28.8. The van der Waals surface area contributed by atoms with Crippen molar-refractivity contribution in [2.45, 2.75) is 13.8 Å². The van der Waals surface area contributed by atoms with Crippen LogP contribution in [0.3, 0.4) is 0 Å². The first-order valence-electron chi connectivity index (χ1n) is 19.3. The number of rotatable bonds is 8. The van der Waals surface area contributed by atoms with E-state index >= 15 is 0 Å². The van der Waals surface area contributed by atoms with Crippen LogP contribution in [-0.4, -0.2) is 26.1 Å². The van der Waals surface area contributed by atoms with E-state index in [0.29, 0.717) is 33.6 Å². The molecule has 0 radical (unpaired) electrons. The highest BCUT2D eigenvalue weighted by Crippen LogP contribution is 2.49. The van der Waals surface area contributed by atoms with E-state index in [1.54, 1.807) is 24.3 Å². The van der Waals surface area contributed by atoms with Crippen molar-refractivity contribution in [1.29, 1.82) is 0 Å². The molecule has 59 heavy (non-hydrogen) atoms. The Morgan fingerprint density at radius 2 is 0.780 bits per heavy atom. The Labute approximate surface area is 338 Å². The molecule has 0 bridgehead atoms. The lowest BCUT2D eigenvalue weighted by molar-refractivity contribution is 0.119. The van der Waals surface area contributed by atoms with E-state index < -0.39 is 11.6 Å². The zero-order valence-corrected chi connectivity index (χ0v) is 32.1. The first kappa shape index (κ1) is 35.8. The monoisotopic (exact) mass is 778 g/mol. The van der Waals surface area contributed by atoms with Crippen molar-refractivity contribution in [2.75, 3.05) is 6.79 Å². The van der Waals surface area contributed by atoms with Gasteiger partial charge in [0.25, 0.3) is 0 Å². The van der Waals surface area contributed by atoms with Crippen molar-refractivity contribution in [3.8, 4) is 56.6 Å². The molecule has 0 unspecified atom stereocenters. The largest absolute Gasteiger partial charge is 0.505 e. The van der Waals surface area contributed by atoms with Crippen molar-refractivity contribution in [3.05, 3.63) is 180 Å². The fourth-order valence-corrected chi connectivity index (χ4v) is 8.59. The van der Waals surface area contributed by atoms with Gasteiger partial charge in [0.05, 0.1) is 44.6 Å².